The van der Waals surface area contributed by atoms with E-state index in [1.165, 1.54) is 6.08 Å². The van der Waals surface area contributed by atoms with Crippen LogP contribution in [0.3, 0.4) is 0 Å². The average Bonchev–Trinajstić information content (AvgIpc) is 2.33. The second-order valence-corrected chi connectivity index (χ2v) is 5.28. The molecule has 0 spiro atoms. The maximum Gasteiger partial charge on any atom is 0.328 e. The number of carboxylic acids is 1. The van der Waals surface area contributed by atoms with E-state index in [9.17, 15) is 9.59 Å². The number of rotatable bonds is 6. The third kappa shape index (κ3) is 6.18. The molecule has 4 heteroatoms. The van der Waals surface area contributed by atoms with E-state index in [0.717, 1.165) is 23.6 Å². The number of benzene rings is 1. The van der Waals surface area contributed by atoms with Gasteiger partial charge in [0.05, 0.1) is 0 Å². The first-order chi connectivity index (χ1) is 9.36. The molecule has 0 atom stereocenters. The number of anilines is 1. The third-order valence-electron chi connectivity index (χ3n) is 2.75. The van der Waals surface area contributed by atoms with Crippen LogP contribution in [0.4, 0.5) is 5.69 Å². The maximum absolute atomic E-state index is 11.8. The number of carbonyl (C=O) groups excluding carboxylic acids is 1. The van der Waals surface area contributed by atoms with E-state index in [1.807, 2.05) is 19.1 Å². The molecule has 1 aromatic rings. The normalized spacial score (nSPS) is 11.0. The Bertz CT molecular complexity index is 518. The number of carbonyl (C=O) groups is 2. The maximum atomic E-state index is 11.8. The predicted octanol–water partition coefficient (Wildman–Crippen LogP) is 3.47. The number of hydrogen-bond acceptors (Lipinski definition) is 2. The van der Waals surface area contributed by atoms with Gasteiger partial charge in [-0.25, -0.2) is 4.79 Å². The van der Waals surface area contributed by atoms with Gasteiger partial charge in [-0.3, -0.25) is 4.79 Å². The van der Waals surface area contributed by atoms with Crippen LogP contribution in [0.25, 0.3) is 6.08 Å². The molecule has 0 radical (unpaired) electrons. The Hall–Kier alpha value is -2.10. The molecule has 108 valence electrons. The monoisotopic (exact) mass is 275 g/mol. The molecule has 1 aromatic carbocycles. The van der Waals surface area contributed by atoms with Gasteiger partial charge in [-0.2, -0.15) is 0 Å². The van der Waals surface area contributed by atoms with E-state index >= 15 is 0 Å². The minimum atomic E-state index is -0.992. The fourth-order valence-electron chi connectivity index (χ4n) is 1.79. The summed E-state index contributed by atoms with van der Waals surface area (Å²) in [6.45, 7) is 6.06. The molecular weight excluding hydrogens is 254 g/mol. The molecule has 1 rings (SSSR count). The molecule has 2 N–H and O–H groups in total. The van der Waals surface area contributed by atoms with Crippen molar-refractivity contribution in [3.8, 4) is 0 Å². The highest BCUT2D eigenvalue weighted by atomic mass is 16.4. The van der Waals surface area contributed by atoms with Crippen LogP contribution in [0.2, 0.25) is 0 Å². The van der Waals surface area contributed by atoms with Crippen molar-refractivity contribution in [2.75, 3.05) is 5.32 Å². The van der Waals surface area contributed by atoms with Crippen LogP contribution in [-0.2, 0) is 9.59 Å². The standard InChI is InChI=1S/C16H21NO3/c1-11(2)4-6-15(18)17-14-9-12(3)8-13(10-14)5-7-16(19)20/h5,7-11H,4,6H2,1-3H3,(H,17,18)(H,19,20)/b7-5+. The SMILES string of the molecule is Cc1cc(/C=C/C(=O)O)cc(NC(=O)CCC(C)C)c1. The summed E-state index contributed by atoms with van der Waals surface area (Å²) in [5, 5.41) is 11.5. The van der Waals surface area contributed by atoms with Gasteiger partial charge in [0.15, 0.2) is 0 Å². The van der Waals surface area contributed by atoms with Crippen molar-refractivity contribution in [2.24, 2.45) is 5.92 Å². The van der Waals surface area contributed by atoms with Crippen molar-refractivity contribution in [3.05, 3.63) is 35.4 Å². The first-order valence-corrected chi connectivity index (χ1v) is 6.69. The Kier molecular flexibility index (Phi) is 5.97. The lowest BCUT2D eigenvalue weighted by Crippen LogP contribution is -2.12. The number of amides is 1. The molecule has 0 saturated carbocycles. The van der Waals surface area contributed by atoms with E-state index in [4.69, 9.17) is 5.11 Å². The van der Waals surface area contributed by atoms with Crippen molar-refractivity contribution in [2.45, 2.75) is 33.6 Å². The summed E-state index contributed by atoms with van der Waals surface area (Å²) in [7, 11) is 0. The highest BCUT2D eigenvalue weighted by molar-refractivity contribution is 5.91. The van der Waals surface area contributed by atoms with Gasteiger partial charge >= 0.3 is 5.97 Å². The second-order valence-electron chi connectivity index (χ2n) is 5.28. The molecule has 1 amide bonds. The molecule has 0 bridgehead atoms. The highest BCUT2D eigenvalue weighted by Crippen LogP contribution is 2.16. The first-order valence-electron chi connectivity index (χ1n) is 6.69. The molecule has 0 aliphatic heterocycles. The van der Waals surface area contributed by atoms with Crippen molar-refractivity contribution >= 4 is 23.6 Å². The fourth-order valence-corrected chi connectivity index (χ4v) is 1.79. The van der Waals surface area contributed by atoms with Crippen LogP contribution in [0, 0.1) is 12.8 Å². The van der Waals surface area contributed by atoms with Gasteiger partial charge in [0.25, 0.3) is 0 Å². The third-order valence-corrected chi connectivity index (χ3v) is 2.75. The Morgan fingerprint density at radius 3 is 2.60 bits per heavy atom. The van der Waals surface area contributed by atoms with Gasteiger partial charge in [-0.1, -0.05) is 19.9 Å². The molecule has 0 aromatic heterocycles. The number of carboxylic acid groups (broad SMARTS) is 1. The summed E-state index contributed by atoms with van der Waals surface area (Å²) >= 11 is 0. The molecular formula is C16H21NO3. The Morgan fingerprint density at radius 1 is 1.30 bits per heavy atom. The largest absolute Gasteiger partial charge is 0.478 e. The van der Waals surface area contributed by atoms with Crippen LogP contribution in [-0.4, -0.2) is 17.0 Å². The quantitative estimate of drug-likeness (QED) is 0.781. The zero-order valence-corrected chi connectivity index (χ0v) is 12.1. The minimum Gasteiger partial charge on any atom is -0.478 e. The van der Waals surface area contributed by atoms with Crippen LogP contribution in [0.15, 0.2) is 24.3 Å². The zero-order valence-electron chi connectivity index (χ0n) is 12.1. The topological polar surface area (TPSA) is 66.4 Å². The zero-order chi connectivity index (χ0) is 15.1. The number of aliphatic carboxylic acids is 1. The second kappa shape index (κ2) is 7.48. The summed E-state index contributed by atoms with van der Waals surface area (Å²) in [6.07, 6.45) is 3.94. The van der Waals surface area contributed by atoms with Crippen LogP contribution in [0.5, 0.6) is 0 Å². The summed E-state index contributed by atoms with van der Waals surface area (Å²) in [5.74, 6) is -0.515. The van der Waals surface area contributed by atoms with E-state index in [0.29, 0.717) is 18.0 Å². The number of aryl methyl sites for hydroxylation is 1. The van der Waals surface area contributed by atoms with E-state index in [1.54, 1.807) is 6.07 Å². The van der Waals surface area contributed by atoms with E-state index in [-0.39, 0.29) is 5.91 Å². The summed E-state index contributed by atoms with van der Waals surface area (Å²) in [6, 6.07) is 5.49. The lowest BCUT2D eigenvalue weighted by atomic mass is 10.1. The van der Waals surface area contributed by atoms with Crippen LogP contribution >= 0.6 is 0 Å². The van der Waals surface area contributed by atoms with Gasteiger partial charge in [-0.05, 0) is 48.6 Å². The smallest absolute Gasteiger partial charge is 0.328 e. The van der Waals surface area contributed by atoms with Gasteiger partial charge in [0, 0.05) is 18.2 Å². The van der Waals surface area contributed by atoms with Crippen LogP contribution in [0.1, 0.15) is 37.8 Å². The Balaban J connectivity index is 2.75. The van der Waals surface area contributed by atoms with E-state index < -0.39 is 5.97 Å². The van der Waals surface area contributed by atoms with Gasteiger partial charge in [-0.15, -0.1) is 0 Å². The molecule has 0 unspecified atom stereocenters. The highest BCUT2D eigenvalue weighted by Gasteiger charge is 2.05. The molecule has 20 heavy (non-hydrogen) atoms. The molecule has 4 nitrogen and oxygen atoms in total. The Labute approximate surface area is 119 Å². The van der Waals surface area contributed by atoms with E-state index in [2.05, 4.69) is 19.2 Å². The lowest BCUT2D eigenvalue weighted by Gasteiger charge is -2.08. The molecule has 0 saturated heterocycles. The minimum absolute atomic E-state index is 0.0162. The lowest BCUT2D eigenvalue weighted by molar-refractivity contribution is -0.131. The summed E-state index contributed by atoms with van der Waals surface area (Å²) in [4.78, 5) is 22.3. The number of nitrogens with one attached hydrogen (secondary N) is 1. The van der Waals surface area contributed by atoms with Gasteiger partial charge < -0.3 is 10.4 Å². The van der Waals surface area contributed by atoms with Crippen molar-refractivity contribution in [3.63, 3.8) is 0 Å². The summed E-state index contributed by atoms with van der Waals surface area (Å²) < 4.78 is 0. The van der Waals surface area contributed by atoms with Crippen molar-refractivity contribution < 1.29 is 14.7 Å². The predicted molar refractivity (Wildman–Crippen MR) is 80.6 cm³/mol. The Morgan fingerprint density at radius 2 is 2.00 bits per heavy atom. The fraction of sp³-hybridized carbons (Fsp3) is 0.375. The molecule has 0 heterocycles. The summed E-state index contributed by atoms with van der Waals surface area (Å²) in [5.41, 5.74) is 2.42. The van der Waals surface area contributed by atoms with Crippen LogP contribution < -0.4 is 5.32 Å². The van der Waals surface area contributed by atoms with Crippen molar-refractivity contribution in [1.82, 2.24) is 0 Å². The number of hydrogen-bond donors (Lipinski definition) is 2. The average molecular weight is 275 g/mol. The van der Waals surface area contributed by atoms with Crippen molar-refractivity contribution in [1.29, 1.82) is 0 Å². The van der Waals surface area contributed by atoms with Gasteiger partial charge in [0.2, 0.25) is 5.91 Å². The molecule has 0 aliphatic carbocycles. The van der Waals surface area contributed by atoms with Gasteiger partial charge in [0.1, 0.15) is 0 Å². The molecule has 0 fully saturated rings. The first kappa shape index (κ1) is 16.0. The molecule has 0 aliphatic rings.